The Balaban J connectivity index is 3.43. The second-order valence-electron chi connectivity index (χ2n) is 2.93. The quantitative estimate of drug-likeness (QED) is 0.606. The smallest absolute Gasteiger partial charge is 0.166 e. The Bertz CT molecular complexity index is 429. The average molecular weight is 281 g/mol. The summed E-state index contributed by atoms with van der Waals surface area (Å²) in [4.78, 5) is 1.92. The molecule has 0 saturated heterocycles. The molecule has 0 amide bonds. The lowest BCUT2D eigenvalue weighted by Crippen LogP contribution is -2.34. The van der Waals surface area contributed by atoms with Gasteiger partial charge in [-0.3, -0.25) is 0 Å². The molecule has 0 aromatic rings. The van der Waals surface area contributed by atoms with Crippen molar-refractivity contribution in [2.24, 2.45) is 0 Å². The van der Waals surface area contributed by atoms with Crippen molar-refractivity contribution in [3.63, 3.8) is 0 Å². The predicted molar refractivity (Wildman–Crippen MR) is 38.8 cm³/mol. The fraction of sp³-hybridized carbons (Fsp3) is 0.375. The van der Waals surface area contributed by atoms with Crippen LogP contribution in [-0.2, 0) is 0 Å². The van der Waals surface area contributed by atoms with Gasteiger partial charge in [-0.1, -0.05) is 0 Å². The van der Waals surface area contributed by atoms with Crippen LogP contribution in [0.2, 0.25) is 0 Å². The minimum Gasteiger partial charge on any atom is -0.166 e. The molecular weight excluding hydrogens is 281 g/mol. The van der Waals surface area contributed by atoms with Crippen LogP contribution in [0.1, 0.15) is 0 Å². The predicted octanol–water partition coefficient (Wildman–Crippen LogP) is 2.88. The molecule has 1 rings (SSSR count). The summed E-state index contributed by atoms with van der Waals surface area (Å²) in [6.07, 6.45) is -14.8. The van der Waals surface area contributed by atoms with Gasteiger partial charge >= 0.3 is 29.9 Å². The molecule has 3 radical (unpaired) electrons. The molecule has 0 fully saturated rings. The van der Waals surface area contributed by atoms with Crippen molar-refractivity contribution in [2.75, 3.05) is 0 Å². The summed E-state index contributed by atoms with van der Waals surface area (Å²) >= 11 is 0. The number of aliphatic imine (C=N–C) groups is 1. The highest BCUT2D eigenvalue weighted by Crippen LogP contribution is 2.37. The van der Waals surface area contributed by atoms with Crippen LogP contribution >= 0.6 is 0 Å². The maximum absolute atomic E-state index is 12.2. The number of halogens is 9. The third-order valence-corrected chi connectivity index (χ3v) is 1.59. The van der Waals surface area contributed by atoms with E-state index in [1.807, 2.05) is 4.99 Å². The van der Waals surface area contributed by atoms with E-state index in [0.717, 1.165) is 12.2 Å². The zero-order valence-electron chi connectivity index (χ0n) is 7.85. The molecule has 1 aliphatic heterocycles. The van der Waals surface area contributed by atoms with E-state index in [2.05, 4.69) is 0 Å². The summed E-state index contributed by atoms with van der Waals surface area (Å²) < 4.78 is 109. The zero-order valence-corrected chi connectivity index (χ0v) is 7.85. The van der Waals surface area contributed by atoms with Gasteiger partial charge in [0.25, 0.3) is 0 Å². The van der Waals surface area contributed by atoms with Gasteiger partial charge < -0.3 is 0 Å². The van der Waals surface area contributed by atoms with E-state index in [9.17, 15) is 39.5 Å². The fourth-order valence-electron chi connectivity index (χ4n) is 0.921. The number of hydrogen-bond acceptors (Lipinski definition) is 1. The maximum atomic E-state index is 12.2. The number of alkyl halides is 9. The lowest BCUT2D eigenvalue weighted by atomic mass is 10.1. The Morgan fingerprint density at radius 1 is 0.667 bits per heavy atom. The van der Waals surface area contributed by atoms with E-state index in [-0.39, 0.29) is 0 Å². The molecule has 18 heavy (non-hydrogen) atoms. The van der Waals surface area contributed by atoms with Gasteiger partial charge in [0, 0.05) is 6.08 Å². The van der Waals surface area contributed by atoms with Gasteiger partial charge in [0.15, 0.2) is 0 Å². The highest BCUT2D eigenvalue weighted by molar-refractivity contribution is 5.96. The van der Waals surface area contributed by atoms with Crippen molar-refractivity contribution in [1.29, 1.82) is 0 Å². The topological polar surface area (TPSA) is 14.1 Å². The Labute approximate surface area is 93.3 Å². The van der Waals surface area contributed by atoms with Gasteiger partial charge in [0.05, 0.1) is 11.1 Å². The molecule has 0 bridgehead atoms. The Kier molecular flexibility index (Phi) is 3.26. The minimum absolute atomic E-state index is 0.806. The lowest BCUT2D eigenvalue weighted by Gasteiger charge is -2.10. The summed E-state index contributed by atoms with van der Waals surface area (Å²) in [6, 6.07) is 0. The van der Waals surface area contributed by atoms with Crippen LogP contribution in [-0.4, -0.2) is 24.2 Å². The van der Waals surface area contributed by atoms with Gasteiger partial charge in [0.1, 0.15) is 5.57 Å². The molecule has 0 aromatic heterocycles. The van der Waals surface area contributed by atoms with Crippen LogP contribution in [0.3, 0.4) is 0 Å². The lowest BCUT2D eigenvalue weighted by molar-refractivity contribution is -0.116. The van der Waals surface area contributed by atoms with Crippen molar-refractivity contribution < 1.29 is 39.5 Å². The summed E-state index contributed by atoms with van der Waals surface area (Å²) in [5, 5.41) is 0. The molecule has 0 unspecified atom stereocenters. The number of hydrogen-bond donors (Lipinski definition) is 0. The minimum atomic E-state index is -5.68. The normalized spacial score (nSPS) is 18.2. The van der Waals surface area contributed by atoms with Gasteiger partial charge in [-0.2, -0.15) is 39.5 Å². The molecule has 0 aromatic carbocycles. The first kappa shape index (κ1) is 14.6. The van der Waals surface area contributed by atoms with Gasteiger partial charge in [0.2, 0.25) is 0 Å². The standard InChI is InChI=1S/C8F9N/c9-6(10,11)3-1-2-4(7(12,13)14)18-5(3)8(15,16)17/q+1. The number of nitrogens with zero attached hydrogens (tertiary/aromatic N) is 1. The van der Waals surface area contributed by atoms with Crippen molar-refractivity contribution in [1.82, 2.24) is 4.99 Å². The molecule has 1 nitrogen and oxygen atoms in total. The number of rotatable bonds is 0. The molecular formula is C8F9N+. The van der Waals surface area contributed by atoms with E-state index < -0.39 is 35.5 Å². The summed E-state index contributed by atoms with van der Waals surface area (Å²) in [5.41, 5.74) is -7.35. The third kappa shape index (κ3) is 3.05. The fourth-order valence-corrected chi connectivity index (χ4v) is 0.921. The molecule has 0 aliphatic carbocycles. The van der Waals surface area contributed by atoms with Gasteiger partial charge in [-0.05, 0) is 0 Å². The molecule has 1 aliphatic rings. The monoisotopic (exact) mass is 281 g/mol. The molecule has 0 atom stereocenters. The number of allylic oxidation sites excluding steroid dienone is 4. The zero-order chi connectivity index (χ0) is 14.4. The van der Waals surface area contributed by atoms with Crippen LogP contribution in [0.15, 0.2) is 11.3 Å². The molecule has 1 heterocycles. The Morgan fingerprint density at radius 3 is 1.50 bits per heavy atom. The van der Waals surface area contributed by atoms with E-state index in [1.165, 1.54) is 0 Å². The molecule has 99 valence electrons. The first-order valence-corrected chi connectivity index (χ1v) is 3.90. The second-order valence-corrected chi connectivity index (χ2v) is 2.93. The Morgan fingerprint density at radius 2 is 1.17 bits per heavy atom. The summed E-state index contributed by atoms with van der Waals surface area (Å²) in [6.45, 7) is 0. The largest absolute Gasteiger partial charge is 0.485 e. The first-order chi connectivity index (χ1) is 7.83. The van der Waals surface area contributed by atoms with Gasteiger partial charge in [-0.25, -0.2) is 0 Å². The van der Waals surface area contributed by atoms with Crippen LogP contribution in [0.4, 0.5) is 39.5 Å². The first-order valence-electron chi connectivity index (χ1n) is 3.90. The van der Waals surface area contributed by atoms with Crippen LogP contribution in [0.25, 0.3) is 0 Å². The van der Waals surface area contributed by atoms with Crippen LogP contribution in [0.5, 0.6) is 0 Å². The Hall–Kier alpha value is -1.48. The van der Waals surface area contributed by atoms with Crippen LogP contribution in [0, 0.1) is 12.2 Å². The molecule has 0 spiro atoms. The van der Waals surface area contributed by atoms with E-state index in [0.29, 0.717) is 0 Å². The van der Waals surface area contributed by atoms with Crippen molar-refractivity contribution >= 4 is 5.71 Å². The SMILES string of the molecule is FC(F)(F)C1=[N+]C(C(F)(F)F)=C(C(F)(F)F)[C]=[C]1. The van der Waals surface area contributed by atoms with Crippen molar-refractivity contribution in [2.45, 2.75) is 18.5 Å². The molecule has 10 heteroatoms. The van der Waals surface area contributed by atoms with Crippen molar-refractivity contribution in [3.05, 3.63) is 23.4 Å². The van der Waals surface area contributed by atoms with Crippen LogP contribution < -0.4 is 4.99 Å². The van der Waals surface area contributed by atoms with E-state index >= 15 is 0 Å². The highest BCUT2D eigenvalue weighted by Gasteiger charge is 2.57. The second kappa shape index (κ2) is 4.02. The maximum Gasteiger partial charge on any atom is 0.485 e. The average Bonchev–Trinajstić information content (AvgIpc) is 2.12. The molecule has 0 saturated carbocycles. The summed E-state index contributed by atoms with van der Waals surface area (Å²) in [7, 11) is 0. The van der Waals surface area contributed by atoms with Gasteiger partial charge in [-0.15, -0.1) is 0 Å². The van der Waals surface area contributed by atoms with E-state index in [4.69, 9.17) is 0 Å². The highest BCUT2D eigenvalue weighted by atomic mass is 19.4. The van der Waals surface area contributed by atoms with E-state index in [1.54, 1.807) is 0 Å². The van der Waals surface area contributed by atoms with Crippen molar-refractivity contribution in [3.8, 4) is 0 Å². The summed E-state index contributed by atoms with van der Waals surface area (Å²) in [5.74, 6) is 0. The third-order valence-electron chi connectivity index (χ3n) is 1.59. The molecule has 0 N–H and O–H groups in total.